The highest BCUT2D eigenvalue weighted by Crippen LogP contribution is 2.33. The molecule has 2 unspecified atom stereocenters. The monoisotopic (exact) mass is 481 g/mol. The van der Waals surface area contributed by atoms with E-state index < -0.39 is 6.04 Å². The van der Waals surface area contributed by atoms with Gasteiger partial charge in [0.2, 0.25) is 5.91 Å². The van der Waals surface area contributed by atoms with Gasteiger partial charge in [0.1, 0.15) is 6.04 Å². The van der Waals surface area contributed by atoms with E-state index in [0.29, 0.717) is 36.3 Å². The van der Waals surface area contributed by atoms with Crippen molar-refractivity contribution in [3.8, 4) is 0 Å². The average molecular weight is 482 g/mol. The molecule has 1 N–H and O–H groups in total. The molecule has 0 bridgehead atoms. The van der Waals surface area contributed by atoms with Crippen LogP contribution in [0.25, 0.3) is 0 Å². The number of rotatable bonds is 5. The van der Waals surface area contributed by atoms with Crippen LogP contribution in [-0.4, -0.2) is 35.2 Å². The van der Waals surface area contributed by atoms with Crippen molar-refractivity contribution in [3.05, 3.63) is 100 Å². The molecular formula is C30H31N3O3. The largest absolute Gasteiger partial charge is 0.346 e. The first-order valence-corrected chi connectivity index (χ1v) is 12.5. The molecule has 0 aliphatic carbocycles. The fourth-order valence-electron chi connectivity index (χ4n) is 5.11. The molecule has 0 radical (unpaired) electrons. The minimum Gasteiger partial charge on any atom is -0.346 e. The Balaban J connectivity index is 1.33. The lowest BCUT2D eigenvalue weighted by Gasteiger charge is -2.26. The molecule has 184 valence electrons. The third-order valence-corrected chi connectivity index (χ3v) is 7.43. The predicted molar refractivity (Wildman–Crippen MR) is 140 cm³/mol. The summed E-state index contributed by atoms with van der Waals surface area (Å²) in [5.74, 6) is -0.264. The molecule has 0 saturated carbocycles. The topological polar surface area (TPSA) is 69.7 Å². The van der Waals surface area contributed by atoms with Crippen LogP contribution in [0.3, 0.4) is 0 Å². The van der Waals surface area contributed by atoms with Crippen LogP contribution in [0.4, 0.5) is 5.69 Å². The summed E-state index contributed by atoms with van der Waals surface area (Å²) in [7, 11) is 0. The molecule has 3 aromatic carbocycles. The van der Waals surface area contributed by atoms with Crippen molar-refractivity contribution in [1.82, 2.24) is 10.2 Å². The lowest BCUT2D eigenvalue weighted by atomic mass is 10.0. The Morgan fingerprint density at radius 1 is 1.00 bits per heavy atom. The van der Waals surface area contributed by atoms with E-state index >= 15 is 0 Å². The highest BCUT2D eigenvalue weighted by Gasteiger charge is 2.41. The number of hydrogen-bond acceptors (Lipinski definition) is 3. The van der Waals surface area contributed by atoms with Crippen LogP contribution in [0.1, 0.15) is 68.8 Å². The summed E-state index contributed by atoms with van der Waals surface area (Å²) >= 11 is 0. The number of carbonyl (C=O) groups excluding carboxylic acids is 3. The Morgan fingerprint density at radius 2 is 1.75 bits per heavy atom. The summed E-state index contributed by atoms with van der Waals surface area (Å²) in [4.78, 5) is 42.9. The molecule has 1 saturated heterocycles. The second kappa shape index (κ2) is 9.61. The molecule has 3 amide bonds. The van der Waals surface area contributed by atoms with Gasteiger partial charge in [-0.15, -0.1) is 0 Å². The third-order valence-electron chi connectivity index (χ3n) is 7.43. The fraction of sp³-hybridized carbons (Fsp3) is 0.300. The summed E-state index contributed by atoms with van der Waals surface area (Å²) in [6.45, 7) is 7.08. The summed E-state index contributed by atoms with van der Waals surface area (Å²) in [6, 6.07) is 20.4. The number of hydrogen-bond donors (Lipinski definition) is 1. The van der Waals surface area contributed by atoms with Crippen LogP contribution >= 0.6 is 0 Å². The lowest BCUT2D eigenvalue weighted by Crippen LogP contribution is -2.44. The Labute approximate surface area is 211 Å². The Hall–Kier alpha value is -3.93. The van der Waals surface area contributed by atoms with Gasteiger partial charge in [-0.3, -0.25) is 14.4 Å². The molecule has 2 heterocycles. The number of benzene rings is 3. The molecule has 6 heteroatoms. The first kappa shape index (κ1) is 23.8. The van der Waals surface area contributed by atoms with Crippen molar-refractivity contribution in [2.45, 2.75) is 52.2 Å². The second-order valence-electron chi connectivity index (χ2n) is 9.83. The Bertz CT molecular complexity index is 1330. The molecule has 2 atom stereocenters. The molecule has 2 aliphatic heterocycles. The van der Waals surface area contributed by atoms with Crippen molar-refractivity contribution < 1.29 is 14.4 Å². The normalized spacial score (nSPS) is 17.9. The number of aryl methyl sites for hydroxylation is 2. The smallest absolute Gasteiger partial charge is 0.256 e. The van der Waals surface area contributed by atoms with Gasteiger partial charge in [0, 0.05) is 12.1 Å². The SMILES string of the molecule is Cc1ccc(C(C)NC(=O)c2ccc(CN3C(=O)C4CCCN4C(=O)c4ccccc43)cc2)cc1C. The first-order chi connectivity index (χ1) is 17.3. The molecule has 3 aromatic rings. The van der Waals surface area contributed by atoms with Gasteiger partial charge in [0.05, 0.1) is 23.8 Å². The molecule has 2 aliphatic rings. The van der Waals surface area contributed by atoms with Crippen LogP contribution in [0.15, 0.2) is 66.7 Å². The third kappa shape index (κ3) is 4.39. The van der Waals surface area contributed by atoms with Gasteiger partial charge in [-0.1, -0.05) is 42.5 Å². The molecule has 0 aromatic heterocycles. The Morgan fingerprint density at radius 3 is 2.50 bits per heavy atom. The van der Waals surface area contributed by atoms with Crippen molar-refractivity contribution in [2.24, 2.45) is 0 Å². The van der Waals surface area contributed by atoms with Crippen LogP contribution < -0.4 is 10.2 Å². The van der Waals surface area contributed by atoms with Crippen molar-refractivity contribution in [3.63, 3.8) is 0 Å². The highest BCUT2D eigenvalue weighted by molar-refractivity contribution is 6.11. The predicted octanol–water partition coefficient (Wildman–Crippen LogP) is 4.95. The van der Waals surface area contributed by atoms with Crippen molar-refractivity contribution >= 4 is 23.4 Å². The van der Waals surface area contributed by atoms with Gasteiger partial charge in [0.15, 0.2) is 0 Å². The van der Waals surface area contributed by atoms with E-state index in [4.69, 9.17) is 0 Å². The van der Waals surface area contributed by atoms with E-state index in [1.54, 1.807) is 28.0 Å². The second-order valence-corrected chi connectivity index (χ2v) is 9.83. The van der Waals surface area contributed by atoms with Crippen LogP contribution in [0.2, 0.25) is 0 Å². The van der Waals surface area contributed by atoms with Gasteiger partial charge in [-0.25, -0.2) is 0 Å². The zero-order chi connectivity index (χ0) is 25.4. The quantitative estimate of drug-likeness (QED) is 0.561. The van der Waals surface area contributed by atoms with Crippen LogP contribution in [0, 0.1) is 13.8 Å². The van der Waals surface area contributed by atoms with E-state index in [1.165, 1.54) is 11.1 Å². The maximum atomic E-state index is 13.5. The van der Waals surface area contributed by atoms with Gasteiger partial charge in [0.25, 0.3) is 11.8 Å². The summed E-state index contributed by atoms with van der Waals surface area (Å²) < 4.78 is 0. The Kier molecular flexibility index (Phi) is 6.35. The first-order valence-electron chi connectivity index (χ1n) is 12.5. The number of fused-ring (bicyclic) bond motifs is 2. The number of carbonyl (C=O) groups is 3. The number of nitrogens with zero attached hydrogens (tertiary/aromatic N) is 2. The van der Waals surface area contributed by atoms with Gasteiger partial charge < -0.3 is 15.1 Å². The van der Waals surface area contributed by atoms with Gasteiger partial charge in [-0.2, -0.15) is 0 Å². The lowest BCUT2D eigenvalue weighted by molar-refractivity contribution is -0.122. The molecular weight excluding hydrogens is 450 g/mol. The maximum Gasteiger partial charge on any atom is 0.256 e. The number of amides is 3. The molecule has 1 fully saturated rings. The molecule has 36 heavy (non-hydrogen) atoms. The average Bonchev–Trinajstić information content (AvgIpc) is 3.36. The standard InChI is InChI=1S/C30H31N3O3/c1-19-10-13-24(17-20(19)2)21(3)31-28(34)23-14-11-22(12-15-23)18-33-26-8-5-4-7-25(26)29(35)32-16-6-9-27(32)30(33)36/h4-5,7-8,10-15,17,21,27H,6,9,16,18H2,1-3H3,(H,31,34). The minimum atomic E-state index is -0.415. The molecule has 0 spiro atoms. The number of anilines is 1. The maximum absolute atomic E-state index is 13.5. The molecule has 6 nitrogen and oxygen atoms in total. The van der Waals surface area contributed by atoms with Crippen LogP contribution in [-0.2, 0) is 11.3 Å². The van der Waals surface area contributed by atoms with E-state index in [9.17, 15) is 14.4 Å². The highest BCUT2D eigenvalue weighted by atomic mass is 16.2. The number of nitrogens with one attached hydrogen (secondary N) is 1. The van der Waals surface area contributed by atoms with Crippen molar-refractivity contribution in [2.75, 3.05) is 11.4 Å². The molecule has 5 rings (SSSR count). The fourth-order valence-corrected chi connectivity index (χ4v) is 5.11. The van der Waals surface area contributed by atoms with E-state index in [2.05, 4.69) is 31.3 Å². The van der Waals surface area contributed by atoms with Gasteiger partial charge in [-0.05, 0) is 80.1 Å². The van der Waals surface area contributed by atoms with Crippen LogP contribution in [0.5, 0.6) is 0 Å². The zero-order valence-corrected chi connectivity index (χ0v) is 21.0. The van der Waals surface area contributed by atoms with Gasteiger partial charge >= 0.3 is 0 Å². The summed E-state index contributed by atoms with van der Waals surface area (Å²) in [6.07, 6.45) is 1.52. The minimum absolute atomic E-state index is 0.0464. The summed E-state index contributed by atoms with van der Waals surface area (Å²) in [5, 5.41) is 3.07. The van der Waals surface area contributed by atoms with E-state index in [0.717, 1.165) is 17.5 Å². The van der Waals surface area contributed by atoms with Crippen molar-refractivity contribution in [1.29, 1.82) is 0 Å². The number of para-hydroxylation sites is 1. The van der Waals surface area contributed by atoms with E-state index in [-0.39, 0.29) is 23.8 Å². The summed E-state index contributed by atoms with van der Waals surface area (Å²) in [5.41, 5.74) is 6.16. The van der Waals surface area contributed by atoms with E-state index in [1.807, 2.05) is 43.3 Å². The zero-order valence-electron chi connectivity index (χ0n) is 21.0.